The number of nitrogens with one attached hydrogen (secondary N) is 1. The highest BCUT2D eigenvalue weighted by Gasteiger charge is 2.28. The summed E-state index contributed by atoms with van der Waals surface area (Å²) in [6.45, 7) is 2.45. The topological polar surface area (TPSA) is 67.9 Å². The van der Waals surface area contributed by atoms with E-state index in [9.17, 15) is 14.0 Å². The van der Waals surface area contributed by atoms with E-state index in [0.29, 0.717) is 30.1 Å². The number of amides is 2. The first-order valence-corrected chi connectivity index (χ1v) is 10.2. The summed E-state index contributed by atoms with van der Waals surface area (Å²) in [5.41, 5.74) is 2.63. The SMILES string of the molecule is COc1cccc(CN2Cc3cc(NC(=O)c4ccc(F)cc4)ccc3O[C@H](C)C2=O)c1. The standard InChI is InChI=1S/C25H23FN2O4/c1-16-25(30)28(14-17-4-3-5-22(12-17)31-2)15-19-13-21(10-11-23(19)32-16)27-24(29)18-6-8-20(26)9-7-18/h3-13,16H,14-15H2,1-2H3,(H,27,29)/t16-/m1/s1. The summed E-state index contributed by atoms with van der Waals surface area (Å²) in [7, 11) is 1.60. The highest BCUT2D eigenvalue weighted by molar-refractivity contribution is 6.04. The second-order valence-electron chi connectivity index (χ2n) is 7.59. The molecule has 0 saturated heterocycles. The van der Waals surface area contributed by atoms with Gasteiger partial charge in [-0.25, -0.2) is 4.39 Å². The number of hydrogen-bond acceptors (Lipinski definition) is 4. The largest absolute Gasteiger partial charge is 0.497 e. The summed E-state index contributed by atoms with van der Waals surface area (Å²) in [5.74, 6) is 0.441. The van der Waals surface area contributed by atoms with Crippen LogP contribution in [0.25, 0.3) is 0 Å². The van der Waals surface area contributed by atoms with Crippen molar-refractivity contribution in [1.29, 1.82) is 0 Å². The molecular weight excluding hydrogens is 411 g/mol. The minimum absolute atomic E-state index is 0.124. The van der Waals surface area contributed by atoms with Gasteiger partial charge in [0.2, 0.25) is 0 Å². The molecule has 3 aromatic rings. The maximum Gasteiger partial charge on any atom is 0.263 e. The molecule has 1 aliphatic rings. The molecule has 164 valence electrons. The fraction of sp³-hybridized carbons (Fsp3) is 0.200. The Morgan fingerprint density at radius 1 is 1.16 bits per heavy atom. The maximum absolute atomic E-state index is 13.1. The molecule has 0 unspecified atom stereocenters. The molecule has 0 saturated carbocycles. The van der Waals surface area contributed by atoms with Gasteiger partial charge in [0.05, 0.1) is 7.11 Å². The minimum atomic E-state index is -0.637. The number of benzene rings is 3. The number of hydrogen-bond donors (Lipinski definition) is 1. The summed E-state index contributed by atoms with van der Waals surface area (Å²) in [6, 6.07) is 18.1. The fourth-order valence-electron chi connectivity index (χ4n) is 3.61. The molecule has 3 aromatic carbocycles. The second kappa shape index (κ2) is 9.09. The molecule has 0 radical (unpaired) electrons. The van der Waals surface area contributed by atoms with Crippen LogP contribution in [0.5, 0.6) is 11.5 Å². The normalized spacial score (nSPS) is 15.4. The Labute approximate surface area is 185 Å². The molecule has 0 fully saturated rings. The van der Waals surface area contributed by atoms with Gasteiger partial charge < -0.3 is 19.7 Å². The summed E-state index contributed by atoms with van der Waals surface area (Å²) < 4.78 is 24.3. The Hall–Kier alpha value is -3.87. The first-order valence-electron chi connectivity index (χ1n) is 10.2. The lowest BCUT2D eigenvalue weighted by Gasteiger charge is -2.22. The van der Waals surface area contributed by atoms with Gasteiger partial charge >= 0.3 is 0 Å². The van der Waals surface area contributed by atoms with Crippen molar-refractivity contribution >= 4 is 17.5 Å². The Balaban J connectivity index is 1.56. The molecular formula is C25H23FN2O4. The van der Waals surface area contributed by atoms with Gasteiger partial charge in [-0.3, -0.25) is 9.59 Å². The molecule has 0 aliphatic carbocycles. The monoisotopic (exact) mass is 434 g/mol. The Morgan fingerprint density at radius 3 is 2.69 bits per heavy atom. The van der Waals surface area contributed by atoms with Crippen molar-refractivity contribution in [3.63, 3.8) is 0 Å². The number of fused-ring (bicyclic) bond motifs is 1. The van der Waals surface area contributed by atoms with Crippen LogP contribution < -0.4 is 14.8 Å². The molecule has 1 atom stereocenters. The van der Waals surface area contributed by atoms with Crippen molar-refractivity contribution in [1.82, 2.24) is 4.90 Å². The van der Waals surface area contributed by atoms with Gasteiger partial charge in [-0.2, -0.15) is 0 Å². The van der Waals surface area contributed by atoms with Crippen LogP contribution in [0.3, 0.4) is 0 Å². The fourth-order valence-corrected chi connectivity index (χ4v) is 3.61. The zero-order valence-corrected chi connectivity index (χ0v) is 17.8. The molecule has 7 heteroatoms. The van der Waals surface area contributed by atoms with Gasteiger partial charge in [0.1, 0.15) is 17.3 Å². The molecule has 6 nitrogen and oxygen atoms in total. The molecule has 2 amide bonds. The number of ether oxygens (including phenoxy) is 2. The van der Waals surface area contributed by atoms with Crippen LogP contribution in [0.1, 0.15) is 28.4 Å². The first kappa shape index (κ1) is 21.4. The van der Waals surface area contributed by atoms with Gasteiger partial charge in [0, 0.05) is 29.9 Å². The Morgan fingerprint density at radius 2 is 1.94 bits per heavy atom. The van der Waals surface area contributed by atoms with Gasteiger partial charge in [-0.1, -0.05) is 12.1 Å². The van der Waals surface area contributed by atoms with E-state index in [2.05, 4.69) is 5.32 Å². The van der Waals surface area contributed by atoms with Crippen molar-refractivity contribution in [3.05, 3.63) is 89.2 Å². The second-order valence-corrected chi connectivity index (χ2v) is 7.59. The van der Waals surface area contributed by atoms with Gasteiger partial charge in [0.15, 0.2) is 6.10 Å². The number of anilines is 1. The average molecular weight is 434 g/mol. The van der Waals surface area contributed by atoms with Crippen LogP contribution in [-0.2, 0) is 17.9 Å². The van der Waals surface area contributed by atoms with E-state index in [1.54, 1.807) is 37.1 Å². The lowest BCUT2D eigenvalue weighted by atomic mass is 10.1. The maximum atomic E-state index is 13.1. The molecule has 0 spiro atoms. The van der Waals surface area contributed by atoms with Gasteiger partial charge in [-0.05, 0) is 67.1 Å². The summed E-state index contributed by atoms with van der Waals surface area (Å²) in [5, 5.41) is 2.81. The van der Waals surface area contributed by atoms with Crippen molar-refractivity contribution in [2.24, 2.45) is 0 Å². The quantitative estimate of drug-likeness (QED) is 0.647. The Bertz CT molecular complexity index is 1150. The highest BCUT2D eigenvalue weighted by atomic mass is 19.1. The lowest BCUT2D eigenvalue weighted by Crippen LogP contribution is -2.37. The third kappa shape index (κ3) is 4.72. The van der Waals surface area contributed by atoms with E-state index in [0.717, 1.165) is 16.9 Å². The van der Waals surface area contributed by atoms with Gasteiger partial charge in [0.25, 0.3) is 11.8 Å². The molecule has 0 aromatic heterocycles. The highest BCUT2D eigenvalue weighted by Crippen LogP contribution is 2.30. The summed E-state index contributed by atoms with van der Waals surface area (Å²) in [6.07, 6.45) is -0.637. The molecule has 1 heterocycles. The third-order valence-electron chi connectivity index (χ3n) is 5.26. The average Bonchev–Trinajstić information content (AvgIpc) is 2.90. The van der Waals surface area contributed by atoms with E-state index in [1.807, 2.05) is 24.3 Å². The molecule has 4 rings (SSSR count). The predicted octanol–water partition coefficient (Wildman–Crippen LogP) is 4.40. The van der Waals surface area contributed by atoms with Gasteiger partial charge in [-0.15, -0.1) is 0 Å². The van der Waals surface area contributed by atoms with Crippen LogP contribution in [0, 0.1) is 5.82 Å². The van der Waals surface area contributed by atoms with E-state index in [-0.39, 0.29) is 11.8 Å². The van der Waals surface area contributed by atoms with E-state index in [4.69, 9.17) is 9.47 Å². The van der Waals surface area contributed by atoms with Crippen molar-refractivity contribution < 1.29 is 23.5 Å². The number of halogens is 1. The molecule has 1 N–H and O–H groups in total. The van der Waals surface area contributed by atoms with Crippen LogP contribution in [0.15, 0.2) is 66.7 Å². The van der Waals surface area contributed by atoms with Crippen molar-refractivity contribution in [2.75, 3.05) is 12.4 Å². The molecule has 0 bridgehead atoms. The van der Waals surface area contributed by atoms with Crippen LogP contribution in [0.2, 0.25) is 0 Å². The first-order chi connectivity index (χ1) is 15.4. The van der Waals surface area contributed by atoms with Crippen molar-refractivity contribution in [2.45, 2.75) is 26.1 Å². The third-order valence-corrected chi connectivity index (χ3v) is 5.26. The zero-order chi connectivity index (χ0) is 22.7. The summed E-state index contributed by atoms with van der Waals surface area (Å²) >= 11 is 0. The number of carbonyl (C=O) groups excluding carboxylic acids is 2. The smallest absolute Gasteiger partial charge is 0.263 e. The van der Waals surface area contributed by atoms with E-state index in [1.165, 1.54) is 24.3 Å². The number of rotatable bonds is 5. The zero-order valence-electron chi connectivity index (χ0n) is 17.8. The van der Waals surface area contributed by atoms with E-state index < -0.39 is 11.9 Å². The van der Waals surface area contributed by atoms with Crippen LogP contribution in [-0.4, -0.2) is 29.9 Å². The molecule has 32 heavy (non-hydrogen) atoms. The summed E-state index contributed by atoms with van der Waals surface area (Å²) in [4.78, 5) is 27.1. The van der Waals surface area contributed by atoms with Crippen LogP contribution in [0.4, 0.5) is 10.1 Å². The number of nitrogens with zero attached hydrogens (tertiary/aromatic N) is 1. The lowest BCUT2D eigenvalue weighted by molar-refractivity contribution is -0.138. The number of methoxy groups -OCH3 is 1. The minimum Gasteiger partial charge on any atom is -0.497 e. The number of carbonyl (C=O) groups is 2. The van der Waals surface area contributed by atoms with E-state index >= 15 is 0 Å². The van der Waals surface area contributed by atoms with Crippen molar-refractivity contribution in [3.8, 4) is 11.5 Å². The Kier molecular flexibility index (Phi) is 6.07. The molecule has 1 aliphatic heterocycles. The van der Waals surface area contributed by atoms with Crippen LogP contribution >= 0.6 is 0 Å². The predicted molar refractivity (Wildman–Crippen MR) is 118 cm³/mol.